The summed E-state index contributed by atoms with van der Waals surface area (Å²) in [5.74, 6) is -34.1. The lowest BCUT2D eigenvalue weighted by Gasteiger charge is -2.44. The highest BCUT2D eigenvalue weighted by molar-refractivity contribution is 5.82. The molecule has 1 rings (SSSR count). The molecule has 83 heavy (non-hydrogen) atoms. The van der Waals surface area contributed by atoms with E-state index in [4.69, 9.17) is 24.2 Å². The van der Waals surface area contributed by atoms with Crippen LogP contribution in [0.3, 0.4) is 0 Å². The monoisotopic (exact) mass is 1280 g/mol. The van der Waals surface area contributed by atoms with Crippen LogP contribution in [0.2, 0.25) is 0 Å². The summed E-state index contributed by atoms with van der Waals surface area (Å²) >= 11 is 0. The second-order valence-electron chi connectivity index (χ2n) is 19.7. The lowest BCUT2D eigenvalue weighted by molar-refractivity contribution is -0.378. The fraction of sp³-hybridized carbons (Fsp3) is 0.864. The van der Waals surface area contributed by atoms with E-state index in [2.05, 4.69) is 23.8 Å². The summed E-state index contributed by atoms with van der Waals surface area (Å²) in [6.45, 7) is 1.11. The highest BCUT2D eigenvalue weighted by atomic mass is 19.4. The van der Waals surface area contributed by atoms with Crippen LogP contribution in [0.25, 0.3) is 0 Å². The van der Waals surface area contributed by atoms with Gasteiger partial charge in [0.1, 0.15) is 23.4 Å². The summed E-state index contributed by atoms with van der Waals surface area (Å²) in [6.07, 6.45) is -52.8. The first-order valence-electron chi connectivity index (χ1n) is 23.2. The third kappa shape index (κ3) is 24.9. The van der Waals surface area contributed by atoms with Crippen LogP contribution in [0.1, 0.15) is 81.6 Å². The maximum atomic E-state index is 13.4. The number of rotatable bonds is 26. The molecule has 0 spiro atoms. The number of alkyl halides is 23. The van der Waals surface area contributed by atoms with Crippen LogP contribution in [-0.4, -0.2) is 165 Å². The van der Waals surface area contributed by atoms with Crippen LogP contribution in [0.15, 0.2) is 0 Å². The van der Waals surface area contributed by atoms with Crippen molar-refractivity contribution in [2.24, 2.45) is 35.0 Å². The maximum absolute atomic E-state index is 13.4. The number of hydrogen-bond donors (Lipinski definition) is 1. The number of ether oxygens (including phenoxy) is 8. The molecule has 1 heterocycles. The molecule has 0 saturated carbocycles. The molecule has 0 aromatic heterocycles. The molecule has 16 nitrogen and oxygen atoms in total. The van der Waals surface area contributed by atoms with E-state index in [1.54, 1.807) is 0 Å². The molecule has 0 aromatic carbocycles. The van der Waals surface area contributed by atoms with E-state index in [1.165, 1.54) is 6.92 Å². The smallest absolute Gasteiger partial charge is 0.434 e. The molecule has 1 saturated heterocycles. The number of carbonyl (C=O) groups excluding carboxylic acids is 6. The summed E-state index contributed by atoms with van der Waals surface area (Å²) < 4.78 is 337. The summed E-state index contributed by atoms with van der Waals surface area (Å²) in [4.78, 5) is 77.3. The zero-order valence-electron chi connectivity index (χ0n) is 44.3. The second-order valence-corrected chi connectivity index (χ2v) is 19.7. The third-order valence-corrected chi connectivity index (χ3v) is 11.7. The van der Waals surface area contributed by atoms with Crippen molar-refractivity contribution >= 4 is 35.8 Å². The topological polar surface area (TPSA) is 206 Å². The highest BCUT2D eigenvalue weighted by Gasteiger charge is 2.65. The number of halogens is 23. The Morgan fingerprint density at radius 1 is 0.566 bits per heavy atom. The molecule has 9 unspecified atom stereocenters. The first-order valence-corrected chi connectivity index (χ1v) is 23.2. The van der Waals surface area contributed by atoms with Crippen molar-refractivity contribution in [3.8, 4) is 0 Å². The number of esters is 6. The van der Waals surface area contributed by atoms with Gasteiger partial charge in [0.25, 0.3) is 6.10 Å². The van der Waals surface area contributed by atoms with E-state index in [0.717, 1.165) is 48.5 Å². The summed E-state index contributed by atoms with van der Waals surface area (Å²) in [5.41, 5.74) is -6.44. The first-order chi connectivity index (χ1) is 36.9. The lowest BCUT2D eigenvalue weighted by Crippen LogP contribution is -2.57. The van der Waals surface area contributed by atoms with Crippen LogP contribution < -0.4 is 0 Å². The molecule has 1 aliphatic heterocycles. The van der Waals surface area contributed by atoms with Gasteiger partial charge in [-0.25, -0.2) is 22.4 Å². The zero-order chi connectivity index (χ0) is 65.8. The quantitative estimate of drug-likeness (QED) is 0.0281. The van der Waals surface area contributed by atoms with Crippen molar-refractivity contribution in [1.29, 1.82) is 0 Å². The molecule has 39 heteroatoms. The molecular formula is C44H55F23O16. The SMILES string of the molecule is CC(=O)OC(C)(CC(C(=O)OC(C(F)(F)F)C(F)(F)F)C(C)C(OO)C(C(F)(F)F)C(F)(F)F)C1OCCOC1C.CC(=O)OC(C)(CC(C(=O)OCC(F)(F)C(F)F)C(C)C(=O)OCC(F)(F)C(F)F)CC(C)(C)C(=O)OCC(F)(F)F. The van der Waals surface area contributed by atoms with Gasteiger partial charge in [0, 0.05) is 33.1 Å². The van der Waals surface area contributed by atoms with Crippen LogP contribution in [0.5, 0.6) is 0 Å². The van der Waals surface area contributed by atoms with Crippen LogP contribution in [0.4, 0.5) is 101 Å². The molecule has 0 amide bonds. The van der Waals surface area contributed by atoms with Crippen molar-refractivity contribution in [2.45, 2.75) is 173 Å². The Balaban J connectivity index is 0.00000162. The minimum absolute atomic E-state index is 0.0617. The molecule has 1 fully saturated rings. The standard InChI is InChI=1S/C23H29F11O8.C21H26F12O8/c1-11(14(36)39-8-21(28,29)16(24)25)13(15(37)40-9-22(30,31)17(26)27)6-20(5,42-12(2)35)7-19(3,4)18(38)41-10-23(32,33)34;1-8(12(41-36)13(18(22,23)24)19(25,26)27)11(15(35)39-16(20(28,29)30)21(31,32)33)7-17(4,40-10(3)34)14-9(2)37-5-6-38-14/h11,13,16-17H,6-10H2,1-5H3;8-9,11-14,16,36H,5-7H2,1-4H3. The molecule has 1 N–H and O–H groups in total. The molecule has 0 aromatic rings. The Hall–Kier alpha value is -4.95. The average Bonchev–Trinajstić information content (AvgIpc) is 3.28. The second kappa shape index (κ2) is 29.4. The molecule has 1 aliphatic rings. The fourth-order valence-electron chi connectivity index (χ4n) is 8.18. The molecule has 0 aliphatic carbocycles. The first kappa shape index (κ1) is 78.0. The van der Waals surface area contributed by atoms with Gasteiger partial charge in [-0.1, -0.05) is 13.8 Å². The van der Waals surface area contributed by atoms with Crippen molar-refractivity contribution in [3.05, 3.63) is 0 Å². The Morgan fingerprint density at radius 3 is 1.37 bits per heavy atom. The summed E-state index contributed by atoms with van der Waals surface area (Å²) in [5, 5.41) is 9.06. The summed E-state index contributed by atoms with van der Waals surface area (Å²) in [7, 11) is 0. The molecular weight excluding hydrogens is 1220 g/mol. The van der Waals surface area contributed by atoms with Crippen LogP contribution in [-0.2, 0) is 71.5 Å². The number of carbonyl (C=O) groups is 6. The third-order valence-electron chi connectivity index (χ3n) is 11.7. The lowest BCUT2D eigenvalue weighted by atomic mass is 9.74. The van der Waals surface area contributed by atoms with Gasteiger partial charge in [-0.05, 0) is 40.5 Å². The predicted molar refractivity (Wildman–Crippen MR) is 224 cm³/mol. The van der Waals surface area contributed by atoms with Crippen LogP contribution in [0, 0.1) is 35.0 Å². The van der Waals surface area contributed by atoms with Gasteiger partial charge in [-0.15, -0.1) is 0 Å². The average molecular weight is 1280 g/mol. The van der Waals surface area contributed by atoms with E-state index in [-0.39, 0.29) is 13.2 Å². The van der Waals surface area contributed by atoms with E-state index in [1.807, 2.05) is 0 Å². The molecule has 488 valence electrons. The highest BCUT2D eigenvalue weighted by Crippen LogP contribution is 2.48. The predicted octanol–water partition coefficient (Wildman–Crippen LogP) is 10.7. The van der Waals surface area contributed by atoms with Gasteiger partial charge >= 0.3 is 91.4 Å². The molecule has 0 radical (unpaired) electrons. The van der Waals surface area contributed by atoms with E-state index in [0.29, 0.717) is 6.92 Å². The fourth-order valence-corrected chi connectivity index (χ4v) is 8.18. The van der Waals surface area contributed by atoms with E-state index in [9.17, 15) is 130 Å². The van der Waals surface area contributed by atoms with Gasteiger partial charge < -0.3 is 37.9 Å². The van der Waals surface area contributed by atoms with Gasteiger partial charge in [0.15, 0.2) is 25.7 Å². The largest absolute Gasteiger partial charge is 0.459 e. The van der Waals surface area contributed by atoms with Crippen molar-refractivity contribution in [1.82, 2.24) is 0 Å². The minimum Gasteiger partial charge on any atom is -0.459 e. The number of hydrogen-bond acceptors (Lipinski definition) is 16. The van der Waals surface area contributed by atoms with Crippen molar-refractivity contribution < 1.29 is 178 Å². The minimum atomic E-state index is -6.32. The maximum Gasteiger partial charge on any atom is 0.434 e. The van der Waals surface area contributed by atoms with Crippen molar-refractivity contribution in [2.75, 3.05) is 33.0 Å². The Bertz CT molecular complexity index is 2100. The summed E-state index contributed by atoms with van der Waals surface area (Å²) in [6, 6.07) is 0. The Labute approximate surface area is 454 Å². The van der Waals surface area contributed by atoms with E-state index < -0.39 is 201 Å². The van der Waals surface area contributed by atoms with Gasteiger partial charge in [-0.3, -0.25) is 34.0 Å². The molecule has 9 atom stereocenters. The normalized spacial score (nSPS) is 19.5. The van der Waals surface area contributed by atoms with Gasteiger partial charge in [0.05, 0.1) is 42.5 Å². The van der Waals surface area contributed by atoms with E-state index >= 15 is 0 Å². The van der Waals surface area contributed by atoms with Gasteiger partial charge in [-0.2, -0.15) is 83.4 Å². The Kier molecular flexibility index (Phi) is 27.7. The zero-order valence-corrected chi connectivity index (χ0v) is 44.3. The van der Waals surface area contributed by atoms with Gasteiger partial charge in [0.2, 0.25) is 0 Å². The van der Waals surface area contributed by atoms with Crippen LogP contribution >= 0.6 is 0 Å². The molecule has 0 bridgehead atoms. The van der Waals surface area contributed by atoms with Crippen molar-refractivity contribution in [3.63, 3.8) is 0 Å². The Morgan fingerprint density at radius 2 is 1.00 bits per heavy atom.